The molecule has 0 spiro atoms. The number of aryl methyl sites for hydroxylation is 1. The van der Waals surface area contributed by atoms with Crippen LogP contribution in [0, 0.1) is 6.92 Å². The van der Waals surface area contributed by atoms with Crippen molar-refractivity contribution in [2.24, 2.45) is 0 Å². The van der Waals surface area contributed by atoms with Gasteiger partial charge in [-0.2, -0.15) is 0 Å². The average Bonchev–Trinajstić information content (AvgIpc) is 3.17. The van der Waals surface area contributed by atoms with Crippen molar-refractivity contribution < 1.29 is 9.53 Å². The molecule has 1 aliphatic rings. The van der Waals surface area contributed by atoms with E-state index in [4.69, 9.17) is 10.5 Å². The minimum Gasteiger partial charge on any atom is -0.480 e. The molecule has 1 fully saturated rings. The maximum absolute atomic E-state index is 13.0. The Morgan fingerprint density at radius 3 is 2.89 bits per heavy atom. The van der Waals surface area contributed by atoms with Crippen LogP contribution in [-0.2, 0) is 11.3 Å². The highest BCUT2D eigenvalue weighted by Crippen LogP contribution is 2.22. The number of benzene rings is 1. The maximum atomic E-state index is 13.0. The molecule has 3 rings (SSSR count). The van der Waals surface area contributed by atoms with E-state index >= 15 is 0 Å². The van der Waals surface area contributed by atoms with Gasteiger partial charge in [-0.25, -0.2) is 9.97 Å². The Morgan fingerprint density at radius 1 is 1.39 bits per heavy atom. The number of hydrogen-bond acceptors (Lipinski definition) is 6. The molecule has 1 aromatic carbocycles. The molecular weight excluding hydrogens is 354 g/mol. The standard InChI is InChI=1S/C21H29N5O2/c1-4-17(28-18-8-6-5-7-15(18)2)21(27)26-12-10-16(13-26)25(3)14-20-23-11-9-19(22)24-20/h5-9,11,16-17H,4,10,12-14H2,1-3H3,(H2,22,23,24). The number of nitrogens with two attached hydrogens (primary N) is 1. The van der Waals surface area contributed by atoms with Gasteiger partial charge in [0.05, 0.1) is 6.54 Å². The molecule has 2 aromatic rings. The van der Waals surface area contributed by atoms with Crippen molar-refractivity contribution in [2.75, 3.05) is 25.9 Å². The minimum atomic E-state index is -0.456. The third-order valence-corrected chi connectivity index (χ3v) is 5.23. The van der Waals surface area contributed by atoms with Crippen LogP contribution in [0.4, 0.5) is 5.82 Å². The molecule has 0 bridgehead atoms. The first kappa shape index (κ1) is 20.1. The number of amides is 1. The zero-order valence-corrected chi connectivity index (χ0v) is 16.8. The molecule has 2 unspecified atom stereocenters. The molecule has 2 heterocycles. The van der Waals surface area contributed by atoms with Gasteiger partial charge in [0.2, 0.25) is 0 Å². The number of aromatic nitrogens is 2. The molecule has 2 N–H and O–H groups in total. The minimum absolute atomic E-state index is 0.0573. The van der Waals surface area contributed by atoms with Gasteiger partial charge in [-0.1, -0.05) is 25.1 Å². The first-order valence-electron chi connectivity index (χ1n) is 9.76. The second kappa shape index (κ2) is 9.01. The summed E-state index contributed by atoms with van der Waals surface area (Å²) in [5.41, 5.74) is 6.77. The Bertz CT molecular complexity index is 813. The van der Waals surface area contributed by atoms with E-state index in [1.165, 1.54) is 0 Å². The Balaban J connectivity index is 1.58. The zero-order valence-electron chi connectivity index (χ0n) is 16.8. The van der Waals surface area contributed by atoms with Crippen molar-refractivity contribution >= 4 is 11.7 Å². The predicted molar refractivity (Wildman–Crippen MR) is 109 cm³/mol. The van der Waals surface area contributed by atoms with E-state index < -0.39 is 6.10 Å². The quantitative estimate of drug-likeness (QED) is 0.789. The van der Waals surface area contributed by atoms with Crippen LogP contribution in [0.2, 0.25) is 0 Å². The molecule has 1 aromatic heterocycles. The van der Waals surface area contributed by atoms with Gasteiger partial charge in [0.1, 0.15) is 17.4 Å². The van der Waals surface area contributed by atoms with Gasteiger partial charge in [-0.05, 0) is 44.5 Å². The van der Waals surface area contributed by atoms with Gasteiger partial charge < -0.3 is 15.4 Å². The van der Waals surface area contributed by atoms with Crippen molar-refractivity contribution in [1.29, 1.82) is 0 Å². The van der Waals surface area contributed by atoms with Crippen LogP contribution in [0.25, 0.3) is 0 Å². The summed E-state index contributed by atoms with van der Waals surface area (Å²) in [6, 6.07) is 9.75. The fourth-order valence-corrected chi connectivity index (χ4v) is 3.50. The number of carbonyl (C=O) groups excluding carboxylic acids is 1. The Kier molecular flexibility index (Phi) is 6.46. The van der Waals surface area contributed by atoms with Gasteiger partial charge in [0.25, 0.3) is 5.91 Å². The summed E-state index contributed by atoms with van der Waals surface area (Å²) in [6.45, 7) is 6.00. The van der Waals surface area contributed by atoms with E-state index in [1.54, 1.807) is 12.3 Å². The topological polar surface area (TPSA) is 84.6 Å². The van der Waals surface area contributed by atoms with Crippen molar-refractivity contribution in [3.8, 4) is 5.75 Å². The Morgan fingerprint density at radius 2 is 2.18 bits per heavy atom. The van der Waals surface area contributed by atoms with Crippen LogP contribution in [0.3, 0.4) is 0 Å². The third kappa shape index (κ3) is 4.78. The molecule has 1 saturated heterocycles. The van der Waals surface area contributed by atoms with Crippen LogP contribution in [-0.4, -0.2) is 58.0 Å². The number of para-hydroxylation sites is 1. The second-order valence-electron chi connectivity index (χ2n) is 7.32. The molecular formula is C21H29N5O2. The smallest absolute Gasteiger partial charge is 0.263 e. The SMILES string of the molecule is CCC(Oc1ccccc1C)C(=O)N1CCC(N(C)Cc2nccc(N)n2)C1. The zero-order chi connectivity index (χ0) is 20.1. The average molecular weight is 383 g/mol. The van der Waals surface area contributed by atoms with E-state index in [1.807, 2.05) is 50.1 Å². The highest BCUT2D eigenvalue weighted by atomic mass is 16.5. The highest BCUT2D eigenvalue weighted by molar-refractivity contribution is 5.81. The fourth-order valence-electron chi connectivity index (χ4n) is 3.50. The summed E-state index contributed by atoms with van der Waals surface area (Å²) in [6.07, 6.45) is 2.78. The molecule has 7 nitrogen and oxygen atoms in total. The number of likely N-dealkylation sites (N-methyl/N-ethyl adjacent to an activating group) is 1. The number of anilines is 1. The lowest BCUT2D eigenvalue weighted by atomic mass is 10.2. The van der Waals surface area contributed by atoms with E-state index in [0.717, 1.165) is 24.3 Å². The molecule has 0 radical (unpaired) electrons. The van der Waals surface area contributed by atoms with Crippen molar-refractivity contribution in [3.05, 3.63) is 47.9 Å². The summed E-state index contributed by atoms with van der Waals surface area (Å²) in [5.74, 6) is 2.00. The molecule has 150 valence electrons. The van der Waals surface area contributed by atoms with Gasteiger partial charge in [-0.3, -0.25) is 9.69 Å². The summed E-state index contributed by atoms with van der Waals surface area (Å²) in [5, 5.41) is 0. The summed E-state index contributed by atoms with van der Waals surface area (Å²) in [7, 11) is 2.03. The largest absolute Gasteiger partial charge is 0.480 e. The van der Waals surface area contributed by atoms with Gasteiger partial charge >= 0.3 is 0 Å². The van der Waals surface area contributed by atoms with Gasteiger partial charge in [0, 0.05) is 25.3 Å². The molecule has 2 atom stereocenters. The second-order valence-corrected chi connectivity index (χ2v) is 7.32. The number of nitrogens with zero attached hydrogens (tertiary/aromatic N) is 4. The van der Waals surface area contributed by atoms with Crippen LogP contribution >= 0.6 is 0 Å². The fraction of sp³-hybridized carbons (Fsp3) is 0.476. The maximum Gasteiger partial charge on any atom is 0.263 e. The lowest BCUT2D eigenvalue weighted by Crippen LogP contribution is -2.42. The molecule has 0 saturated carbocycles. The summed E-state index contributed by atoms with van der Waals surface area (Å²) in [4.78, 5) is 25.6. The molecule has 7 heteroatoms. The highest BCUT2D eigenvalue weighted by Gasteiger charge is 2.33. The lowest BCUT2D eigenvalue weighted by molar-refractivity contribution is -0.138. The number of carbonyl (C=O) groups is 1. The molecule has 1 amide bonds. The van der Waals surface area contributed by atoms with Gasteiger partial charge in [-0.15, -0.1) is 0 Å². The first-order valence-corrected chi connectivity index (χ1v) is 9.76. The van der Waals surface area contributed by atoms with E-state index in [0.29, 0.717) is 31.2 Å². The normalized spacial score (nSPS) is 17.7. The Labute approximate surface area is 166 Å². The first-order chi connectivity index (χ1) is 13.5. The van der Waals surface area contributed by atoms with E-state index in [-0.39, 0.29) is 11.9 Å². The molecule has 28 heavy (non-hydrogen) atoms. The summed E-state index contributed by atoms with van der Waals surface area (Å²) < 4.78 is 6.03. The monoisotopic (exact) mass is 383 g/mol. The number of hydrogen-bond donors (Lipinski definition) is 1. The molecule has 1 aliphatic heterocycles. The van der Waals surface area contributed by atoms with Gasteiger partial charge in [0.15, 0.2) is 6.10 Å². The lowest BCUT2D eigenvalue weighted by Gasteiger charge is -2.26. The molecule has 0 aliphatic carbocycles. The predicted octanol–water partition coefficient (Wildman–Crippen LogP) is 2.26. The summed E-state index contributed by atoms with van der Waals surface area (Å²) >= 11 is 0. The van der Waals surface area contributed by atoms with Crippen LogP contribution in [0.15, 0.2) is 36.5 Å². The van der Waals surface area contributed by atoms with Crippen LogP contribution in [0.1, 0.15) is 31.2 Å². The van der Waals surface area contributed by atoms with E-state index in [2.05, 4.69) is 14.9 Å². The van der Waals surface area contributed by atoms with E-state index in [9.17, 15) is 4.79 Å². The third-order valence-electron chi connectivity index (χ3n) is 5.23. The number of ether oxygens (including phenoxy) is 1. The van der Waals surface area contributed by atoms with Crippen molar-refractivity contribution in [2.45, 2.75) is 45.4 Å². The van der Waals surface area contributed by atoms with Crippen molar-refractivity contribution in [3.63, 3.8) is 0 Å². The van der Waals surface area contributed by atoms with Crippen LogP contribution < -0.4 is 10.5 Å². The number of nitrogen functional groups attached to an aromatic ring is 1. The van der Waals surface area contributed by atoms with Crippen molar-refractivity contribution in [1.82, 2.24) is 19.8 Å². The number of rotatable bonds is 7. The number of likely N-dealkylation sites (tertiary alicyclic amines) is 1. The Hall–Kier alpha value is -2.67. The van der Waals surface area contributed by atoms with Crippen LogP contribution in [0.5, 0.6) is 5.75 Å².